The van der Waals surface area contributed by atoms with E-state index in [0.29, 0.717) is 25.9 Å². The number of likely N-dealkylation sites (tertiary alicyclic amines) is 1. The number of amides is 1. The van der Waals surface area contributed by atoms with Crippen LogP contribution in [0.15, 0.2) is 42.5 Å². The lowest BCUT2D eigenvalue weighted by Gasteiger charge is -2.32. The van der Waals surface area contributed by atoms with Gasteiger partial charge in [0.05, 0.1) is 12.7 Å². The zero-order chi connectivity index (χ0) is 21.0. The number of rotatable bonds is 5. The van der Waals surface area contributed by atoms with Crippen molar-refractivity contribution in [3.05, 3.63) is 48.0 Å². The number of nitrogens with zero attached hydrogens (tertiary/aromatic N) is 1. The third-order valence-corrected chi connectivity index (χ3v) is 4.52. The van der Waals surface area contributed by atoms with Gasteiger partial charge in [0.1, 0.15) is 17.6 Å². The highest BCUT2D eigenvalue weighted by molar-refractivity contribution is 5.97. The average molecular weight is 411 g/mol. The summed E-state index contributed by atoms with van der Waals surface area (Å²) in [6.45, 7) is 0.776. The largest absolute Gasteiger partial charge is 0.573 e. The summed E-state index contributed by atoms with van der Waals surface area (Å²) < 4.78 is 51.7. The van der Waals surface area contributed by atoms with Crippen molar-refractivity contribution in [2.75, 3.05) is 20.2 Å². The monoisotopic (exact) mass is 411 g/mol. The number of hydrogen-bond acceptors (Lipinski definition) is 5. The van der Waals surface area contributed by atoms with Gasteiger partial charge in [-0.1, -0.05) is 12.1 Å². The Morgan fingerprint density at radius 1 is 1.10 bits per heavy atom. The fourth-order valence-corrected chi connectivity index (χ4v) is 3.14. The molecule has 0 spiro atoms. The molecular formula is C20H20F3NO5. The first-order valence-corrected chi connectivity index (χ1v) is 8.94. The summed E-state index contributed by atoms with van der Waals surface area (Å²) in [5.74, 6) is -0.395. The minimum Gasteiger partial charge on any atom is -0.504 e. The van der Waals surface area contributed by atoms with Gasteiger partial charge in [0.25, 0.3) is 5.91 Å². The summed E-state index contributed by atoms with van der Waals surface area (Å²) in [5, 5.41) is 10.2. The van der Waals surface area contributed by atoms with Crippen LogP contribution in [0.3, 0.4) is 0 Å². The molecule has 9 heteroatoms. The molecule has 1 saturated heterocycles. The fourth-order valence-electron chi connectivity index (χ4n) is 3.14. The highest BCUT2D eigenvalue weighted by atomic mass is 19.4. The van der Waals surface area contributed by atoms with Crippen molar-refractivity contribution in [1.82, 2.24) is 4.90 Å². The van der Waals surface area contributed by atoms with Crippen LogP contribution in [-0.4, -0.2) is 48.6 Å². The topological polar surface area (TPSA) is 68.2 Å². The number of methoxy groups -OCH3 is 1. The highest BCUT2D eigenvalue weighted by Crippen LogP contribution is 2.31. The van der Waals surface area contributed by atoms with E-state index < -0.39 is 6.36 Å². The van der Waals surface area contributed by atoms with Gasteiger partial charge in [0.15, 0.2) is 11.5 Å². The molecule has 1 aliphatic rings. The van der Waals surface area contributed by atoms with Crippen LogP contribution < -0.4 is 14.2 Å². The number of piperidine rings is 1. The second kappa shape index (κ2) is 8.50. The minimum atomic E-state index is -4.77. The predicted octanol–water partition coefficient (Wildman–Crippen LogP) is 3.98. The maximum absolute atomic E-state index is 12.7. The molecule has 1 amide bonds. The van der Waals surface area contributed by atoms with Crippen LogP contribution in [0.1, 0.15) is 23.2 Å². The van der Waals surface area contributed by atoms with Gasteiger partial charge in [-0.05, 0) is 24.3 Å². The number of phenolic OH excluding ortho intramolecular Hbond substituents is 1. The average Bonchev–Trinajstić information content (AvgIpc) is 2.67. The highest BCUT2D eigenvalue weighted by Gasteiger charge is 2.31. The van der Waals surface area contributed by atoms with Crippen LogP contribution in [0.25, 0.3) is 0 Å². The van der Waals surface area contributed by atoms with Gasteiger partial charge < -0.3 is 24.2 Å². The van der Waals surface area contributed by atoms with Crippen molar-refractivity contribution in [2.24, 2.45) is 0 Å². The van der Waals surface area contributed by atoms with Crippen molar-refractivity contribution in [3.8, 4) is 23.0 Å². The second-order valence-corrected chi connectivity index (χ2v) is 6.49. The Labute approximate surface area is 165 Å². The zero-order valence-corrected chi connectivity index (χ0v) is 15.6. The van der Waals surface area contributed by atoms with E-state index in [0.717, 1.165) is 0 Å². The molecule has 2 aromatic carbocycles. The number of phenols is 1. The molecule has 1 N–H and O–H groups in total. The zero-order valence-electron chi connectivity index (χ0n) is 15.6. The minimum absolute atomic E-state index is 0.153. The molecule has 1 fully saturated rings. The maximum Gasteiger partial charge on any atom is 0.573 e. The van der Waals surface area contributed by atoms with Crippen LogP contribution in [0.4, 0.5) is 13.2 Å². The molecule has 1 aliphatic heterocycles. The van der Waals surface area contributed by atoms with E-state index in [1.165, 1.54) is 31.4 Å². The first-order chi connectivity index (χ1) is 13.8. The Kier molecular flexibility index (Phi) is 6.05. The number of hydrogen-bond donors (Lipinski definition) is 1. The molecule has 0 aliphatic carbocycles. The van der Waals surface area contributed by atoms with Gasteiger partial charge in [-0.15, -0.1) is 13.2 Å². The molecule has 1 heterocycles. The van der Waals surface area contributed by atoms with Crippen LogP contribution in [0, 0.1) is 0 Å². The van der Waals surface area contributed by atoms with E-state index in [9.17, 15) is 23.1 Å². The smallest absolute Gasteiger partial charge is 0.504 e. The Balaban J connectivity index is 1.58. The summed E-state index contributed by atoms with van der Waals surface area (Å²) in [4.78, 5) is 14.3. The van der Waals surface area contributed by atoms with Gasteiger partial charge in [-0.25, -0.2) is 0 Å². The number of halogens is 3. The molecule has 156 valence electrons. The molecule has 6 nitrogen and oxygen atoms in total. The SMILES string of the molecule is COc1cccc(C(=O)N2CCC(Oc3cccc(OC(F)(F)F)c3)CC2)c1O. The van der Waals surface area contributed by atoms with Crippen molar-refractivity contribution in [1.29, 1.82) is 0 Å². The first kappa shape index (κ1) is 20.6. The Morgan fingerprint density at radius 2 is 1.76 bits per heavy atom. The molecule has 0 unspecified atom stereocenters. The molecule has 0 radical (unpaired) electrons. The number of carbonyl (C=O) groups excluding carboxylic acids is 1. The lowest BCUT2D eigenvalue weighted by Crippen LogP contribution is -2.41. The van der Waals surface area contributed by atoms with Crippen LogP contribution >= 0.6 is 0 Å². The van der Waals surface area contributed by atoms with E-state index in [-0.39, 0.29) is 40.6 Å². The third kappa shape index (κ3) is 5.24. The first-order valence-electron chi connectivity index (χ1n) is 8.94. The van der Waals surface area contributed by atoms with Crippen molar-refractivity contribution < 1.29 is 37.3 Å². The lowest BCUT2D eigenvalue weighted by atomic mass is 10.1. The number of carbonyl (C=O) groups is 1. The summed E-state index contributed by atoms with van der Waals surface area (Å²) >= 11 is 0. The quantitative estimate of drug-likeness (QED) is 0.806. The number of aromatic hydroxyl groups is 1. The molecule has 29 heavy (non-hydrogen) atoms. The van der Waals surface area contributed by atoms with Crippen molar-refractivity contribution in [3.63, 3.8) is 0 Å². The van der Waals surface area contributed by atoms with E-state index in [2.05, 4.69) is 4.74 Å². The number of ether oxygens (including phenoxy) is 3. The summed E-state index contributed by atoms with van der Waals surface area (Å²) in [7, 11) is 1.40. The Hall–Kier alpha value is -3.10. The second-order valence-electron chi connectivity index (χ2n) is 6.49. The molecule has 0 saturated carbocycles. The van der Waals surface area contributed by atoms with E-state index in [1.807, 2.05) is 0 Å². The van der Waals surface area contributed by atoms with Crippen LogP contribution in [-0.2, 0) is 0 Å². The van der Waals surface area contributed by atoms with Crippen molar-refractivity contribution in [2.45, 2.75) is 25.3 Å². The van der Waals surface area contributed by atoms with Gasteiger partial charge in [0.2, 0.25) is 0 Å². The van der Waals surface area contributed by atoms with E-state index >= 15 is 0 Å². The molecule has 3 rings (SSSR count). The fraction of sp³-hybridized carbons (Fsp3) is 0.350. The van der Waals surface area contributed by atoms with Crippen LogP contribution in [0.5, 0.6) is 23.0 Å². The molecule has 0 aromatic heterocycles. The number of alkyl halides is 3. The van der Waals surface area contributed by atoms with Gasteiger partial charge in [-0.3, -0.25) is 4.79 Å². The normalized spacial score (nSPS) is 15.1. The van der Waals surface area contributed by atoms with Gasteiger partial charge in [0, 0.05) is 32.0 Å². The predicted molar refractivity (Wildman–Crippen MR) is 97.3 cm³/mol. The Bertz CT molecular complexity index is 863. The number of benzene rings is 2. The van der Waals surface area contributed by atoms with Gasteiger partial charge >= 0.3 is 6.36 Å². The summed E-state index contributed by atoms with van der Waals surface area (Å²) in [6.07, 6.45) is -4.02. The van der Waals surface area contributed by atoms with Crippen LogP contribution in [0.2, 0.25) is 0 Å². The third-order valence-electron chi connectivity index (χ3n) is 4.52. The van der Waals surface area contributed by atoms with Crippen molar-refractivity contribution >= 4 is 5.91 Å². The molecule has 0 bridgehead atoms. The summed E-state index contributed by atoms with van der Waals surface area (Å²) in [6, 6.07) is 10.0. The Morgan fingerprint density at radius 3 is 2.41 bits per heavy atom. The van der Waals surface area contributed by atoms with E-state index in [4.69, 9.17) is 9.47 Å². The molecular weight excluding hydrogens is 391 g/mol. The standard InChI is InChI=1S/C20H20F3NO5/c1-27-17-7-3-6-16(18(17)25)19(26)24-10-8-13(9-11-24)28-14-4-2-5-15(12-14)29-20(21,22)23/h2-7,12-13,25H,8-11H2,1H3. The molecule has 0 atom stereocenters. The van der Waals surface area contributed by atoms with Gasteiger partial charge in [-0.2, -0.15) is 0 Å². The lowest BCUT2D eigenvalue weighted by molar-refractivity contribution is -0.274. The summed E-state index contributed by atoms with van der Waals surface area (Å²) in [5.41, 5.74) is 0.153. The molecule has 2 aromatic rings. The maximum atomic E-state index is 12.7. The van der Waals surface area contributed by atoms with E-state index in [1.54, 1.807) is 23.1 Å². The number of para-hydroxylation sites is 1.